The molecule has 0 saturated heterocycles. The summed E-state index contributed by atoms with van der Waals surface area (Å²) in [5.41, 5.74) is 1.04. The molecule has 0 bridgehead atoms. The minimum absolute atomic E-state index is 0.195. The number of aromatic nitrogens is 3. The molecule has 2 aromatic heterocycles. The van der Waals surface area contributed by atoms with Crippen molar-refractivity contribution in [3.63, 3.8) is 0 Å². The van der Waals surface area contributed by atoms with Gasteiger partial charge in [0, 0.05) is 30.2 Å². The summed E-state index contributed by atoms with van der Waals surface area (Å²) in [5.74, 6) is 2.39. The van der Waals surface area contributed by atoms with Crippen molar-refractivity contribution in [2.24, 2.45) is 5.92 Å². The van der Waals surface area contributed by atoms with Gasteiger partial charge in [0.25, 0.3) is 0 Å². The van der Waals surface area contributed by atoms with Crippen LogP contribution < -0.4 is 10.6 Å². The van der Waals surface area contributed by atoms with Crippen molar-refractivity contribution in [2.45, 2.75) is 38.0 Å². The van der Waals surface area contributed by atoms with Crippen LogP contribution in [0.3, 0.4) is 0 Å². The maximum Gasteiger partial charge on any atom is 0.320 e. The number of nitrogens with one attached hydrogen (secondary N) is 2. The highest BCUT2D eigenvalue weighted by atomic mass is 32.2. The first-order chi connectivity index (χ1) is 11.7. The Morgan fingerprint density at radius 2 is 2.38 bits per heavy atom. The average molecular weight is 366 g/mol. The highest BCUT2D eigenvalue weighted by Gasteiger charge is 2.30. The van der Waals surface area contributed by atoms with Gasteiger partial charge in [-0.2, -0.15) is 16.9 Å². The molecular formula is C16H23N5OS2. The summed E-state index contributed by atoms with van der Waals surface area (Å²) in [6.07, 6.45) is 7.05. The minimum atomic E-state index is -0.195. The summed E-state index contributed by atoms with van der Waals surface area (Å²) in [7, 11) is 0. The second kappa shape index (κ2) is 8.02. The third kappa shape index (κ3) is 4.51. The molecule has 0 spiro atoms. The molecule has 2 N–H and O–H groups in total. The van der Waals surface area contributed by atoms with Crippen molar-refractivity contribution in [1.82, 2.24) is 20.1 Å². The van der Waals surface area contributed by atoms with Gasteiger partial charge in [-0.25, -0.2) is 14.5 Å². The second-order valence-electron chi connectivity index (χ2n) is 6.04. The number of carbonyl (C=O) groups is 1. The summed E-state index contributed by atoms with van der Waals surface area (Å²) in [5, 5.41) is 13.3. The molecule has 1 aliphatic carbocycles. The minimum Gasteiger partial charge on any atom is -0.337 e. The summed E-state index contributed by atoms with van der Waals surface area (Å²) in [6.45, 7) is 2.72. The van der Waals surface area contributed by atoms with Crippen LogP contribution >= 0.6 is 23.1 Å². The number of amides is 2. The van der Waals surface area contributed by atoms with E-state index in [-0.39, 0.29) is 6.03 Å². The lowest BCUT2D eigenvalue weighted by molar-refractivity contribution is 0.252. The Kier molecular flexibility index (Phi) is 5.78. The highest BCUT2D eigenvalue weighted by Crippen LogP contribution is 2.40. The van der Waals surface area contributed by atoms with E-state index < -0.39 is 0 Å². The number of anilines is 1. The van der Waals surface area contributed by atoms with E-state index in [9.17, 15) is 4.79 Å². The summed E-state index contributed by atoms with van der Waals surface area (Å²) in [6, 6.07) is 1.98. The van der Waals surface area contributed by atoms with Gasteiger partial charge in [-0.05, 0) is 31.9 Å². The zero-order valence-corrected chi connectivity index (χ0v) is 15.6. The van der Waals surface area contributed by atoms with Crippen molar-refractivity contribution < 1.29 is 4.79 Å². The molecule has 1 aliphatic rings. The fourth-order valence-corrected chi connectivity index (χ4v) is 4.18. The highest BCUT2D eigenvalue weighted by molar-refractivity contribution is 7.97. The predicted molar refractivity (Wildman–Crippen MR) is 99.7 cm³/mol. The van der Waals surface area contributed by atoms with Crippen LogP contribution in [0.15, 0.2) is 17.6 Å². The molecule has 8 heteroatoms. The van der Waals surface area contributed by atoms with E-state index in [2.05, 4.69) is 39.3 Å². The van der Waals surface area contributed by atoms with Crippen molar-refractivity contribution in [3.05, 3.63) is 28.3 Å². The van der Waals surface area contributed by atoms with E-state index in [0.29, 0.717) is 18.5 Å². The Hall–Kier alpha value is -1.54. The zero-order chi connectivity index (χ0) is 16.9. The van der Waals surface area contributed by atoms with Crippen LogP contribution in [0.25, 0.3) is 0 Å². The van der Waals surface area contributed by atoms with Crippen LogP contribution in [0.1, 0.15) is 36.5 Å². The topological polar surface area (TPSA) is 71.8 Å². The molecule has 0 aliphatic heterocycles. The fraction of sp³-hybridized carbons (Fsp3) is 0.562. The first kappa shape index (κ1) is 17.3. The molecular weight excluding hydrogens is 342 g/mol. The Balaban J connectivity index is 1.45. The molecule has 2 heterocycles. The third-order valence-electron chi connectivity index (χ3n) is 4.14. The van der Waals surface area contributed by atoms with Gasteiger partial charge in [-0.3, -0.25) is 5.32 Å². The zero-order valence-electron chi connectivity index (χ0n) is 14.0. The Labute approximate surface area is 150 Å². The Bertz CT molecular complexity index is 680. The molecule has 2 aromatic rings. The first-order valence-corrected chi connectivity index (χ1v) is 10.5. The van der Waals surface area contributed by atoms with Crippen LogP contribution in [-0.2, 0) is 12.2 Å². The summed E-state index contributed by atoms with van der Waals surface area (Å²) < 4.78 is 1.91. The molecule has 1 unspecified atom stereocenters. The SMILES string of the molecule is CSCc1nc(CCNC(=O)Nc2ccnn2C(C)C2CC2)cs1. The van der Waals surface area contributed by atoms with Gasteiger partial charge in [0.15, 0.2) is 0 Å². The normalized spacial score (nSPS) is 15.2. The quantitative estimate of drug-likeness (QED) is 0.750. The number of nitrogens with zero attached hydrogens (tertiary/aromatic N) is 3. The molecule has 24 heavy (non-hydrogen) atoms. The number of urea groups is 1. The summed E-state index contributed by atoms with van der Waals surface area (Å²) >= 11 is 3.45. The monoisotopic (exact) mass is 365 g/mol. The molecule has 1 atom stereocenters. The van der Waals surface area contributed by atoms with Gasteiger partial charge in [-0.1, -0.05) is 0 Å². The van der Waals surface area contributed by atoms with Crippen LogP contribution in [0.2, 0.25) is 0 Å². The van der Waals surface area contributed by atoms with E-state index >= 15 is 0 Å². The number of rotatable bonds is 8. The number of thiazole rings is 1. The maximum absolute atomic E-state index is 12.1. The van der Waals surface area contributed by atoms with Gasteiger partial charge >= 0.3 is 6.03 Å². The Morgan fingerprint density at radius 3 is 3.12 bits per heavy atom. The molecule has 0 radical (unpaired) electrons. The maximum atomic E-state index is 12.1. The predicted octanol–water partition coefficient (Wildman–Crippen LogP) is 3.54. The molecule has 1 fully saturated rings. The van der Waals surface area contributed by atoms with Gasteiger partial charge < -0.3 is 5.32 Å². The number of hydrogen-bond acceptors (Lipinski definition) is 5. The second-order valence-corrected chi connectivity index (χ2v) is 7.84. The fourth-order valence-electron chi connectivity index (χ4n) is 2.63. The van der Waals surface area contributed by atoms with Crippen LogP contribution in [-0.4, -0.2) is 33.6 Å². The van der Waals surface area contributed by atoms with Gasteiger partial charge in [0.1, 0.15) is 10.8 Å². The standard InChI is InChI=1S/C16H23N5OS2/c1-11(12-3-4-12)21-14(6-8-18-21)20-16(22)17-7-5-13-9-24-15(19-13)10-23-2/h6,8-9,11-12H,3-5,7,10H2,1-2H3,(H2,17,20,22). The summed E-state index contributed by atoms with van der Waals surface area (Å²) in [4.78, 5) is 16.6. The number of thioether (sulfide) groups is 1. The molecule has 6 nitrogen and oxygen atoms in total. The lowest BCUT2D eigenvalue weighted by atomic mass is 10.2. The lowest BCUT2D eigenvalue weighted by Crippen LogP contribution is -2.31. The number of hydrogen-bond donors (Lipinski definition) is 2. The molecule has 3 rings (SSSR count). The average Bonchev–Trinajstić information content (AvgIpc) is 3.16. The molecule has 1 saturated carbocycles. The van der Waals surface area contributed by atoms with Crippen molar-refractivity contribution in [2.75, 3.05) is 18.1 Å². The van der Waals surface area contributed by atoms with Crippen LogP contribution in [0.5, 0.6) is 0 Å². The molecule has 2 amide bonds. The van der Waals surface area contributed by atoms with E-state index in [1.165, 1.54) is 12.8 Å². The van der Waals surface area contributed by atoms with E-state index in [1.807, 2.05) is 10.7 Å². The van der Waals surface area contributed by atoms with E-state index in [4.69, 9.17) is 0 Å². The van der Waals surface area contributed by atoms with Crippen LogP contribution in [0.4, 0.5) is 10.6 Å². The van der Waals surface area contributed by atoms with E-state index in [0.717, 1.165) is 28.7 Å². The van der Waals surface area contributed by atoms with Crippen molar-refractivity contribution >= 4 is 34.9 Å². The number of carbonyl (C=O) groups excluding carboxylic acids is 1. The first-order valence-electron chi connectivity index (χ1n) is 8.18. The van der Waals surface area contributed by atoms with Gasteiger partial charge in [-0.15, -0.1) is 11.3 Å². The van der Waals surface area contributed by atoms with Gasteiger partial charge in [0.05, 0.1) is 17.9 Å². The van der Waals surface area contributed by atoms with Crippen molar-refractivity contribution in [3.8, 4) is 0 Å². The third-order valence-corrected chi connectivity index (χ3v) is 5.78. The van der Waals surface area contributed by atoms with E-state index in [1.54, 1.807) is 29.3 Å². The molecule has 0 aromatic carbocycles. The Morgan fingerprint density at radius 1 is 1.54 bits per heavy atom. The largest absolute Gasteiger partial charge is 0.337 e. The van der Waals surface area contributed by atoms with Crippen LogP contribution in [0, 0.1) is 5.92 Å². The van der Waals surface area contributed by atoms with Crippen molar-refractivity contribution in [1.29, 1.82) is 0 Å². The molecule has 130 valence electrons. The van der Waals surface area contributed by atoms with Gasteiger partial charge in [0.2, 0.25) is 0 Å². The smallest absolute Gasteiger partial charge is 0.320 e. The lowest BCUT2D eigenvalue weighted by Gasteiger charge is -2.15.